The number of anilines is 1. The lowest BCUT2D eigenvalue weighted by molar-refractivity contribution is -0.123. The van der Waals surface area contributed by atoms with Crippen molar-refractivity contribution < 1.29 is 33.7 Å². The number of hydrogen-bond acceptors (Lipinski definition) is 8. The van der Waals surface area contributed by atoms with E-state index in [1.807, 2.05) is 48.5 Å². The van der Waals surface area contributed by atoms with Gasteiger partial charge >= 0.3 is 11.9 Å². The highest BCUT2D eigenvalue weighted by atomic mass is 35.5. The van der Waals surface area contributed by atoms with Gasteiger partial charge in [0.25, 0.3) is 5.91 Å². The summed E-state index contributed by atoms with van der Waals surface area (Å²) in [7, 11) is 3.18. The molecule has 1 heterocycles. The number of carboxylic acids is 1. The summed E-state index contributed by atoms with van der Waals surface area (Å²) in [6, 6.07) is 23.5. The van der Waals surface area contributed by atoms with Gasteiger partial charge in [-0.05, 0) is 91.9 Å². The van der Waals surface area contributed by atoms with E-state index in [0.717, 1.165) is 11.1 Å². The number of carboxylic acid groups (broad SMARTS) is 1. The van der Waals surface area contributed by atoms with Gasteiger partial charge in [0.05, 0.1) is 58.5 Å². The maximum atomic E-state index is 13.1. The van der Waals surface area contributed by atoms with E-state index in [1.165, 1.54) is 25.1 Å². The van der Waals surface area contributed by atoms with Crippen molar-refractivity contribution in [3.8, 4) is 34.0 Å². The second-order valence-electron chi connectivity index (χ2n) is 9.62. The van der Waals surface area contributed by atoms with E-state index in [0.29, 0.717) is 33.9 Å². The fourth-order valence-electron chi connectivity index (χ4n) is 4.35. The lowest BCUT2D eigenvalue weighted by Gasteiger charge is -2.15. The van der Waals surface area contributed by atoms with Crippen LogP contribution in [0.15, 0.2) is 84.9 Å². The number of nitrogens with one attached hydrogen (secondary N) is 1. The average Bonchev–Trinajstić information content (AvgIpc) is 3.04. The van der Waals surface area contributed by atoms with Gasteiger partial charge in [-0.1, -0.05) is 11.6 Å². The summed E-state index contributed by atoms with van der Waals surface area (Å²) in [6.07, 6.45) is -1.22. The number of carbonyl (C=O) groups excluding carboxylic acids is 2. The summed E-state index contributed by atoms with van der Waals surface area (Å²) in [4.78, 5) is 46.8. The first kappa shape index (κ1) is 30.0. The van der Waals surface area contributed by atoms with E-state index in [1.54, 1.807) is 32.4 Å². The lowest BCUT2D eigenvalue weighted by Crippen LogP contribution is -2.30. The number of hydrogen-bond donors (Lipinski definition) is 2. The Labute approximate surface area is 257 Å². The molecule has 0 bridgehead atoms. The average molecular weight is 612 g/mol. The van der Waals surface area contributed by atoms with Gasteiger partial charge in [-0.3, -0.25) is 4.79 Å². The smallest absolute Gasteiger partial charge is 0.338 e. The predicted molar refractivity (Wildman–Crippen MR) is 165 cm³/mol. The van der Waals surface area contributed by atoms with Gasteiger partial charge < -0.3 is 24.6 Å². The van der Waals surface area contributed by atoms with Crippen LogP contribution in [0.5, 0.6) is 11.5 Å². The number of fused-ring (bicyclic) bond motifs is 1. The fraction of sp³-hybridized carbons (Fsp3) is 0.121. The van der Waals surface area contributed by atoms with Crippen molar-refractivity contribution in [1.82, 2.24) is 9.97 Å². The molecule has 222 valence electrons. The van der Waals surface area contributed by atoms with Gasteiger partial charge in [0.15, 0.2) is 6.10 Å². The number of rotatable bonds is 9. The topological polar surface area (TPSA) is 137 Å². The van der Waals surface area contributed by atoms with Crippen molar-refractivity contribution in [1.29, 1.82) is 0 Å². The molecule has 0 radical (unpaired) electrons. The van der Waals surface area contributed by atoms with Crippen molar-refractivity contribution in [3.63, 3.8) is 0 Å². The Hall–Kier alpha value is -5.48. The Morgan fingerprint density at radius 3 is 1.84 bits per heavy atom. The molecule has 0 fully saturated rings. The van der Waals surface area contributed by atoms with Crippen molar-refractivity contribution in [2.45, 2.75) is 13.0 Å². The van der Waals surface area contributed by atoms with Gasteiger partial charge in [-0.2, -0.15) is 0 Å². The molecule has 0 aliphatic carbocycles. The third-order valence-electron chi connectivity index (χ3n) is 6.75. The summed E-state index contributed by atoms with van der Waals surface area (Å²) in [6.45, 7) is 1.39. The summed E-state index contributed by atoms with van der Waals surface area (Å²) < 4.78 is 16.0. The zero-order valence-electron chi connectivity index (χ0n) is 23.8. The predicted octanol–water partition coefficient (Wildman–Crippen LogP) is 6.52. The van der Waals surface area contributed by atoms with Crippen LogP contribution in [0.4, 0.5) is 5.69 Å². The second-order valence-corrected chi connectivity index (χ2v) is 10.0. The molecule has 10 nitrogen and oxygen atoms in total. The van der Waals surface area contributed by atoms with Crippen molar-refractivity contribution in [2.75, 3.05) is 19.5 Å². The lowest BCUT2D eigenvalue weighted by atomic mass is 10.0. The number of nitrogens with zero attached hydrogens (tertiary/aromatic N) is 2. The first-order valence-electron chi connectivity index (χ1n) is 13.3. The van der Waals surface area contributed by atoms with Crippen LogP contribution in [-0.2, 0) is 9.53 Å². The van der Waals surface area contributed by atoms with Crippen LogP contribution in [-0.4, -0.2) is 53.2 Å². The minimum Gasteiger partial charge on any atom is -0.497 e. The minimum absolute atomic E-state index is 0.0595. The first-order valence-corrected chi connectivity index (χ1v) is 13.7. The molecule has 11 heteroatoms. The Kier molecular flexibility index (Phi) is 8.73. The van der Waals surface area contributed by atoms with Gasteiger partial charge in [-0.25, -0.2) is 19.6 Å². The van der Waals surface area contributed by atoms with E-state index >= 15 is 0 Å². The SMILES string of the molecule is COc1ccc(-c2nc3ccc(C(=O)OC(C)C(=O)Nc4cc(C(=O)O)ccc4Cl)cc3nc2-c2ccc(OC)cc2)cc1. The van der Waals surface area contributed by atoms with Gasteiger partial charge in [-0.15, -0.1) is 0 Å². The van der Waals surface area contributed by atoms with Crippen LogP contribution >= 0.6 is 11.6 Å². The Morgan fingerprint density at radius 2 is 1.30 bits per heavy atom. The van der Waals surface area contributed by atoms with Crippen molar-refractivity contribution in [3.05, 3.63) is 101 Å². The quantitative estimate of drug-likeness (QED) is 0.178. The maximum Gasteiger partial charge on any atom is 0.338 e. The third-order valence-corrected chi connectivity index (χ3v) is 7.08. The number of halogens is 1. The van der Waals surface area contributed by atoms with Crippen LogP contribution < -0.4 is 14.8 Å². The molecule has 5 rings (SSSR count). The zero-order valence-corrected chi connectivity index (χ0v) is 24.6. The van der Waals surface area contributed by atoms with E-state index in [-0.39, 0.29) is 21.8 Å². The molecule has 4 aromatic carbocycles. The number of esters is 1. The maximum absolute atomic E-state index is 13.1. The Bertz CT molecular complexity index is 1880. The number of benzene rings is 4. The van der Waals surface area contributed by atoms with Gasteiger partial charge in [0.2, 0.25) is 0 Å². The largest absolute Gasteiger partial charge is 0.497 e. The number of aromatic carboxylic acids is 1. The van der Waals surface area contributed by atoms with E-state index in [4.69, 9.17) is 35.8 Å². The highest BCUT2D eigenvalue weighted by Gasteiger charge is 2.22. The Morgan fingerprint density at radius 1 is 0.750 bits per heavy atom. The summed E-state index contributed by atoms with van der Waals surface area (Å²) >= 11 is 6.10. The molecule has 2 N–H and O–H groups in total. The molecule has 0 aliphatic rings. The molecule has 5 aromatic rings. The molecule has 0 aliphatic heterocycles. The van der Waals surface area contributed by atoms with Crippen molar-refractivity contribution >= 4 is 46.2 Å². The standard InChI is InChI=1S/C33H26ClN3O7/c1-18(31(38)37-27-16-21(32(39)40)8-14-25(27)34)44-33(41)22-9-15-26-28(17-22)36-30(20-6-12-24(43-3)13-7-20)29(35-26)19-4-10-23(42-2)11-5-19/h4-18H,1-3H3,(H,37,38)(H,39,40). The third kappa shape index (κ3) is 6.45. The number of ether oxygens (including phenoxy) is 3. The van der Waals surface area contributed by atoms with E-state index in [9.17, 15) is 19.5 Å². The first-order chi connectivity index (χ1) is 21.2. The molecule has 0 saturated carbocycles. The molecule has 1 unspecified atom stereocenters. The Balaban J connectivity index is 1.43. The van der Waals surface area contributed by atoms with Crippen LogP contribution in [0.2, 0.25) is 5.02 Å². The van der Waals surface area contributed by atoms with Crippen LogP contribution in [0, 0.1) is 0 Å². The molecule has 1 atom stereocenters. The summed E-state index contributed by atoms with van der Waals surface area (Å²) in [5.41, 5.74) is 4.00. The molecule has 0 saturated heterocycles. The highest BCUT2D eigenvalue weighted by Crippen LogP contribution is 2.33. The second kappa shape index (κ2) is 12.8. The van der Waals surface area contributed by atoms with Gasteiger partial charge in [0, 0.05) is 11.1 Å². The number of methoxy groups -OCH3 is 2. The fourth-order valence-corrected chi connectivity index (χ4v) is 4.52. The normalized spacial score (nSPS) is 11.5. The molecular weight excluding hydrogens is 586 g/mol. The van der Waals surface area contributed by atoms with Gasteiger partial charge in [0.1, 0.15) is 11.5 Å². The van der Waals surface area contributed by atoms with Crippen molar-refractivity contribution in [2.24, 2.45) is 0 Å². The number of carbonyl (C=O) groups is 3. The monoisotopic (exact) mass is 611 g/mol. The molecule has 1 amide bonds. The van der Waals surface area contributed by atoms with Crippen LogP contribution in [0.1, 0.15) is 27.6 Å². The molecule has 1 aromatic heterocycles. The molecular formula is C33H26ClN3O7. The van der Waals surface area contributed by atoms with Crippen LogP contribution in [0.25, 0.3) is 33.5 Å². The number of aromatic nitrogens is 2. The summed E-state index contributed by atoms with van der Waals surface area (Å²) in [5, 5.41) is 11.9. The number of amides is 1. The molecule has 0 spiro atoms. The minimum atomic E-state index is -1.22. The highest BCUT2D eigenvalue weighted by molar-refractivity contribution is 6.34. The molecule has 44 heavy (non-hydrogen) atoms. The summed E-state index contributed by atoms with van der Waals surface area (Å²) in [5.74, 6) is -1.23. The van der Waals surface area contributed by atoms with E-state index in [2.05, 4.69) is 5.32 Å². The van der Waals surface area contributed by atoms with Crippen LogP contribution in [0.3, 0.4) is 0 Å². The zero-order chi connectivity index (χ0) is 31.4. The van der Waals surface area contributed by atoms with E-state index < -0.39 is 23.9 Å².